The van der Waals surface area contributed by atoms with Gasteiger partial charge in [0.05, 0.1) is 19.1 Å². The van der Waals surface area contributed by atoms with Gasteiger partial charge in [-0.05, 0) is 19.3 Å². The van der Waals surface area contributed by atoms with Gasteiger partial charge < -0.3 is 20.5 Å². The number of carbonyl (C=O) groups excluding carboxylic acids is 1. The topological polar surface area (TPSA) is 92.9 Å². The first-order chi connectivity index (χ1) is 7.61. The molecule has 0 radical (unpaired) electrons. The van der Waals surface area contributed by atoms with Gasteiger partial charge in [-0.3, -0.25) is 4.79 Å². The van der Waals surface area contributed by atoms with Gasteiger partial charge in [0.25, 0.3) is 0 Å². The van der Waals surface area contributed by atoms with Gasteiger partial charge in [0.1, 0.15) is 0 Å². The first kappa shape index (κ1) is 12.8. The van der Waals surface area contributed by atoms with Gasteiger partial charge in [-0.2, -0.15) is 0 Å². The van der Waals surface area contributed by atoms with E-state index in [0.29, 0.717) is 13.2 Å². The normalized spacial score (nSPS) is 20.4. The van der Waals surface area contributed by atoms with Crippen LogP contribution in [0.15, 0.2) is 0 Å². The van der Waals surface area contributed by atoms with Crippen LogP contribution < -0.4 is 5.73 Å². The summed E-state index contributed by atoms with van der Waals surface area (Å²) in [4.78, 5) is 21.9. The number of nitrogens with two attached hydrogens (primary N) is 1. The monoisotopic (exact) mass is 230 g/mol. The number of piperidine rings is 1. The largest absolute Gasteiger partial charge is 0.465 e. The fraction of sp³-hybridized carbons (Fsp3) is 0.800. The van der Waals surface area contributed by atoms with Gasteiger partial charge in [0, 0.05) is 13.1 Å². The van der Waals surface area contributed by atoms with Crippen LogP contribution in [-0.4, -0.2) is 48.3 Å². The van der Waals surface area contributed by atoms with Crippen molar-refractivity contribution in [3.05, 3.63) is 0 Å². The summed E-state index contributed by atoms with van der Waals surface area (Å²) >= 11 is 0. The summed E-state index contributed by atoms with van der Waals surface area (Å²) < 4.78 is 4.70. The Hall–Kier alpha value is -1.30. The van der Waals surface area contributed by atoms with Crippen LogP contribution in [0.2, 0.25) is 0 Å². The standard InChI is InChI=1S/C6H11NO2.C4H7NO2/c8-6(9)7-4-2-1-3-5-7;5-4(6)3-1-7-2-3/h1-5H2,(H,8,9);3H,1-2H2,(H2,5,6). The first-order valence-corrected chi connectivity index (χ1v) is 5.46. The number of primary amides is 1. The zero-order chi connectivity index (χ0) is 12.0. The second-order valence-electron chi connectivity index (χ2n) is 3.97. The van der Waals surface area contributed by atoms with E-state index >= 15 is 0 Å². The number of amides is 2. The Kier molecular flexibility index (Phi) is 5.04. The molecule has 0 aromatic heterocycles. The van der Waals surface area contributed by atoms with E-state index in [1.54, 1.807) is 0 Å². The minimum Gasteiger partial charge on any atom is -0.465 e. The fourth-order valence-corrected chi connectivity index (χ4v) is 1.49. The van der Waals surface area contributed by atoms with E-state index in [2.05, 4.69) is 0 Å². The molecule has 3 N–H and O–H groups in total. The predicted octanol–water partition coefficient (Wildman–Crippen LogP) is 0.268. The van der Waals surface area contributed by atoms with E-state index in [0.717, 1.165) is 25.9 Å². The lowest BCUT2D eigenvalue weighted by atomic mass is 10.1. The maximum atomic E-state index is 10.3. The number of hydrogen-bond donors (Lipinski definition) is 2. The second-order valence-corrected chi connectivity index (χ2v) is 3.97. The highest BCUT2D eigenvalue weighted by molar-refractivity contribution is 5.77. The van der Waals surface area contributed by atoms with Crippen molar-refractivity contribution >= 4 is 12.0 Å². The molecule has 16 heavy (non-hydrogen) atoms. The van der Waals surface area contributed by atoms with Gasteiger partial charge in [-0.25, -0.2) is 4.79 Å². The van der Waals surface area contributed by atoms with Crippen molar-refractivity contribution < 1.29 is 19.4 Å². The summed E-state index contributed by atoms with van der Waals surface area (Å²) in [5.41, 5.74) is 4.88. The summed E-state index contributed by atoms with van der Waals surface area (Å²) in [5, 5.41) is 8.46. The third-order valence-electron chi connectivity index (χ3n) is 2.67. The van der Waals surface area contributed by atoms with Gasteiger partial charge in [-0.1, -0.05) is 0 Å². The minimum atomic E-state index is -0.769. The summed E-state index contributed by atoms with van der Waals surface area (Å²) in [6, 6.07) is 0. The number of nitrogens with zero attached hydrogens (tertiary/aromatic N) is 1. The Morgan fingerprint density at radius 2 is 1.75 bits per heavy atom. The van der Waals surface area contributed by atoms with E-state index < -0.39 is 6.09 Å². The lowest BCUT2D eigenvalue weighted by Crippen LogP contribution is -2.38. The summed E-state index contributed by atoms with van der Waals surface area (Å²) in [6.07, 6.45) is 2.48. The second kappa shape index (κ2) is 6.32. The number of rotatable bonds is 1. The predicted molar refractivity (Wildman–Crippen MR) is 57.0 cm³/mol. The molecule has 2 aliphatic heterocycles. The zero-order valence-corrected chi connectivity index (χ0v) is 9.22. The van der Waals surface area contributed by atoms with Crippen LogP contribution in [0.4, 0.5) is 4.79 Å². The van der Waals surface area contributed by atoms with Gasteiger partial charge in [0.2, 0.25) is 5.91 Å². The molecular weight excluding hydrogens is 212 g/mol. The molecule has 0 aromatic rings. The Balaban J connectivity index is 0.000000165. The van der Waals surface area contributed by atoms with Crippen molar-refractivity contribution in [3.63, 3.8) is 0 Å². The third kappa shape index (κ3) is 4.06. The summed E-state index contributed by atoms with van der Waals surface area (Å²) in [7, 11) is 0. The maximum Gasteiger partial charge on any atom is 0.407 e. The molecule has 6 heteroatoms. The molecule has 0 saturated carbocycles. The highest BCUT2D eigenvalue weighted by Crippen LogP contribution is 2.08. The number of carbonyl (C=O) groups is 2. The van der Waals surface area contributed by atoms with Crippen molar-refractivity contribution in [1.82, 2.24) is 4.90 Å². The van der Waals surface area contributed by atoms with Crippen molar-refractivity contribution in [2.45, 2.75) is 19.3 Å². The quantitative estimate of drug-likeness (QED) is 0.676. The molecule has 2 saturated heterocycles. The molecule has 2 aliphatic rings. The highest BCUT2D eigenvalue weighted by Gasteiger charge is 2.23. The fourth-order valence-electron chi connectivity index (χ4n) is 1.49. The molecule has 0 unspecified atom stereocenters. The molecule has 0 atom stereocenters. The molecule has 2 fully saturated rings. The molecule has 0 spiro atoms. The maximum absolute atomic E-state index is 10.3. The average molecular weight is 230 g/mol. The van der Waals surface area contributed by atoms with E-state index in [-0.39, 0.29) is 11.8 Å². The molecule has 0 bridgehead atoms. The molecule has 0 aliphatic carbocycles. The zero-order valence-electron chi connectivity index (χ0n) is 9.22. The Labute approximate surface area is 94.3 Å². The van der Waals surface area contributed by atoms with Crippen LogP contribution >= 0.6 is 0 Å². The van der Waals surface area contributed by atoms with E-state index in [1.165, 1.54) is 11.3 Å². The molecular formula is C10H18N2O4. The van der Waals surface area contributed by atoms with Crippen LogP contribution in [0.3, 0.4) is 0 Å². The third-order valence-corrected chi connectivity index (χ3v) is 2.67. The highest BCUT2D eigenvalue weighted by atomic mass is 16.5. The summed E-state index contributed by atoms with van der Waals surface area (Å²) in [5.74, 6) is -0.244. The van der Waals surface area contributed by atoms with Crippen LogP contribution in [0, 0.1) is 5.92 Å². The molecule has 0 aromatic carbocycles. The van der Waals surface area contributed by atoms with E-state index in [4.69, 9.17) is 15.6 Å². The molecule has 2 heterocycles. The Morgan fingerprint density at radius 3 is 1.94 bits per heavy atom. The lowest BCUT2D eigenvalue weighted by Gasteiger charge is -2.22. The molecule has 2 amide bonds. The van der Waals surface area contributed by atoms with Gasteiger partial charge >= 0.3 is 6.09 Å². The van der Waals surface area contributed by atoms with Crippen molar-refractivity contribution in [1.29, 1.82) is 0 Å². The number of likely N-dealkylation sites (tertiary alicyclic amines) is 1. The molecule has 2 rings (SSSR count). The number of ether oxygens (including phenoxy) is 1. The minimum absolute atomic E-state index is 0.000000000000000222. The Bertz CT molecular complexity index is 247. The van der Waals surface area contributed by atoms with Gasteiger partial charge in [0.15, 0.2) is 0 Å². The van der Waals surface area contributed by atoms with Gasteiger partial charge in [-0.15, -0.1) is 0 Å². The SMILES string of the molecule is NC(=O)C1COC1.O=C(O)N1CCCCC1. The van der Waals surface area contributed by atoms with Crippen molar-refractivity contribution in [3.8, 4) is 0 Å². The van der Waals surface area contributed by atoms with Crippen LogP contribution in [0.25, 0.3) is 0 Å². The van der Waals surface area contributed by atoms with Crippen molar-refractivity contribution in [2.75, 3.05) is 26.3 Å². The lowest BCUT2D eigenvalue weighted by molar-refractivity contribution is -0.135. The molecule has 6 nitrogen and oxygen atoms in total. The van der Waals surface area contributed by atoms with E-state index in [1.807, 2.05) is 0 Å². The van der Waals surface area contributed by atoms with Crippen LogP contribution in [0.5, 0.6) is 0 Å². The number of hydrogen-bond acceptors (Lipinski definition) is 3. The van der Waals surface area contributed by atoms with Crippen molar-refractivity contribution in [2.24, 2.45) is 11.7 Å². The van der Waals surface area contributed by atoms with Crippen LogP contribution in [0.1, 0.15) is 19.3 Å². The summed E-state index contributed by atoms with van der Waals surface area (Å²) in [6.45, 7) is 2.51. The van der Waals surface area contributed by atoms with Crippen LogP contribution in [-0.2, 0) is 9.53 Å². The average Bonchev–Trinajstić information content (AvgIpc) is 2.16. The first-order valence-electron chi connectivity index (χ1n) is 5.46. The Morgan fingerprint density at radius 1 is 1.19 bits per heavy atom. The smallest absolute Gasteiger partial charge is 0.407 e. The molecule has 92 valence electrons. The van der Waals surface area contributed by atoms with E-state index in [9.17, 15) is 9.59 Å². The number of carboxylic acid groups (broad SMARTS) is 1.